The van der Waals surface area contributed by atoms with Gasteiger partial charge in [-0.2, -0.15) is 0 Å². The van der Waals surface area contributed by atoms with Gasteiger partial charge in [0.25, 0.3) is 0 Å². The lowest BCUT2D eigenvalue weighted by Gasteiger charge is -2.09. The summed E-state index contributed by atoms with van der Waals surface area (Å²) in [7, 11) is 0. The number of rotatable bonds is 5. The summed E-state index contributed by atoms with van der Waals surface area (Å²) in [4.78, 5) is 11.3. The molecule has 0 unspecified atom stereocenters. The monoisotopic (exact) mass is 313 g/mol. The van der Waals surface area contributed by atoms with Crippen molar-refractivity contribution in [3.63, 3.8) is 0 Å². The second-order valence-electron chi connectivity index (χ2n) is 4.68. The molecular weight excluding hydrogens is 301 g/mol. The van der Waals surface area contributed by atoms with Crippen molar-refractivity contribution in [1.82, 2.24) is 15.0 Å². The molecule has 0 spiro atoms. The fraction of sp³-hybridized carbons (Fsp3) is 0.0625. The van der Waals surface area contributed by atoms with Crippen LogP contribution in [0.2, 0.25) is 0 Å². The number of nitrogens with zero attached hydrogens (tertiary/aromatic N) is 3. The van der Waals surface area contributed by atoms with Crippen LogP contribution in [0.4, 0.5) is 4.39 Å². The third kappa shape index (κ3) is 3.18. The Kier molecular flexibility index (Phi) is 4.01. The fourth-order valence-corrected chi connectivity index (χ4v) is 2.06. The number of para-hydroxylation sites is 1. The predicted molar refractivity (Wildman–Crippen MR) is 79.1 cm³/mol. The van der Waals surface area contributed by atoms with Crippen LogP contribution in [0.3, 0.4) is 0 Å². The molecule has 3 rings (SSSR count). The highest BCUT2D eigenvalue weighted by atomic mass is 19.1. The van der Waals surface area contributed by atoms with E-state index in [4.69, 9.17) is 4.74 Å². The Morgan fingerprint density at radius 2 is 1.83 bits per heavy atom. The molecule has 0 saturated carbocycles. The predicted octanol–water partition coefficient (Wildman–Crippen LogP) is 2.68. The van der Waals surface area contributed by atoms with Crippen molar-refractivity contribution in [3.05, 3.63) is 71.8 Å². The molecule has 3 aromatic rings. The van der Waals surface area contributed by atoms with E-state index in [1.807, 2.05) is 18.2 Å². The van der Waals surface area contributed by atoms with Gasteiger partial charge in [-0.05, 0) is 36.4 Å². The number of benzene rings is 2. The number of carbonyl (C=O) groups is 1. The van der Waals surface area contributed by atoms with Crippen LogP contribution in [0.25, 0.3) is 5.69 Å². The Morgan fingerprint density at radius 1 is 1.13 bits per heavy atom. The molecule has 0 aliphatic rings. The summed E-state index contributed by atoms with van der Waals surface area (Å²) in [6, 6.07) is 14.5. The standard InChI is InChI=1S/C16H12FN3O3/c17-11-6-8-12(9-7-11)20-14(15(16(21)22)18-19-20)10-23-13-4-2-1-3-5-13/h1-9H,10H2,(H,21,22). The average molecular weight is 313 g/mol. The molecule has 0 fully saturated rings. The van der Waals surface area contributed by atoms with Crippen LogP contribution in [0.1, 0.15) is 16.2 Å². The largest absolute Gasteiger partial charge is 0.487 e. The number of carboxylic acids is 1. The Labute approximate surface area is 130 Å². The first kappa shape index (κ1) is 14.7. The highest BCUT2D eigenvalue weighted by molar-refractivity contribution is 5.86. The Bertz CT molecular complexity index is 816. The van der Waals surface area contributed by atoms with Gasteiger partial charge < -0.3 is 9.84 Å². The van der Waals surface area contributed by atoms with E-state index in [0.717, 1.165) is 0 Å². The molecule has 0 radical (unpaired) electrons. The number of carboxylic acid groups (broad SMARTS) is 1. The van der Waals surface area contributed by atoms with Crippen LogP contribution in [0.5, 0.6) is 5.75 Å². The average Bonchev–Trinajstić information content (AvgIpc) is 2.99. The van der Waals surface area contributed by atoms with Gasteiger partial charge in [-0.15, -0.1) is 5.10 Å². The number of halogens is 1. The third-order valence-electron chi connectivity index (χ3n) is 3.16. The number of ether oxygens (including phenoxy) is 1. The van der Waals surface area contributed by atoms with Gasteiger partial charge in [0.2, 0.25) is 0 Å². The van der Waals surface area contributed by atoms with Crippen LogP contribution >= 0.6 is 0 Å². The molecule has 2 aromatic carbocycles. The first-order valence-electron chi connectivity index (χ1n) is 6.77. The van der Waals surface area contributed by atoms with Crippen LogP contribution in [0, 0.1) is 5.82 Å². The van der Waals surface area contributed by atoms with Crippen LogP contribution in [-0.4, -0.2) is 26.1 Å². The van der Waals surface area contributed by atoms with Crippen molar-refractivity contribution >= 4 is 5.97 Å². The second kappa shape index (κ2) is 6.27. The molecule has 7 heteroatoms. The van der Waals surface area contributed by atoms with E-state index >= 15 is 0 Å². The Hall–Kier alpha value is -3.22. The summed E-state index contributed by atoms with van der Waals surface area (Å²) in [5.41, 5.74) is 0.566. The highest BCUT2D eigenvalue weighted by Gasteiger charge is 2.20. The van der Waals surface area contributed by atoms with Crippen molar-refractivity contribution < 1.29 is 19.0 Å². The van der Waals surface area contributed by atoms with Crippen molar-refractivity contribution in [3.8, 4) is 11.4 Å². The molecule has 1 heterocycles. The SMILES string of the molecule is O=C(O)c1nnn(-c2ccc(F)cc2)c1COc1ccccc1. The number of aromatic nitrogens is 3. The number of aromatic carboxylic acids is 1. The van der Waals surface area contributed by atoms with Gasteiger partial charge in [-0.3, -0.25) is 0 Å². The second-order valence-corrected chi connectivity index (χ2v) is 4.68. The minimum atomic E-state index is -1.20. The topological polar surface area (TPSA) is 77.2 Å². The molecule has 0 aliphatic carbocycles. The molecule has 116 valence electrons. The lowest BCUT2D eigenvalue weighted by Crippen LogP contribution is -2.10. The minimum Gasteiger partial charge on any atom is -0.487 e. The van der Waals surface area contributed by atoms with E-state index in [1.54, 1.807) is 12.1 Å². The zero-order chi connectivity index (χ0) is 16.2. The molecule has 1 N–H and O–H groups in total. The van der Waals surface area contributed by atoms with E-state index in [2.05, 4.69) is 10.3 Å². The van der Waals surface area contributed by atoms with Crippen molar-refractivity contribution in [2.75, 3.05) is 0 Å². The number of hydrogen-bond donors (Lipinski definition) is 1. The summed E-state index contributed by atoms with van der Waals surface area (Å²) in [6.45, 7) is -0.0317. The first-order valence-corrected chi connectivity index (χ1v) is 6.77. The van der Waals surface area contributed by atoms with Gasteiger partial charge in [0.1, 0.15) is 23.9 Å². The van der Waals surface area contributed by atoms with Crippen molar-refractivity contribution in [2.24, 2.45) is 0 Å². The molecule has 0 aliphatic heterocycles. The van der Waals surface area contributed by atoms with E-state index in [0.29, 0.717) is 11.4 Å². The van der Waals surface area contributed by atoms with Crippen LogP contribution < -0.4 is 4.74 Å². The van der Waals surface area contributed by atoms with Gasteiger partial charge in [0, 0.05) is 0 Å². The quantitative estimate of drug-likeness (QED) is 0.783. The molecule has 0 amide bonds. The lowest BCUT2D eigenvalue weighted by atomic mass is 10.2. The van der Waals surface area contributed by atoms with Gasteiger partial charge >= 0.3 is 5.97 Å². The van der Waals surface area contributed by atoms with E-state index < -0.39 is 11.8 Å². The van der Waals surface area contributed by atoms with E-state index in [-0.39, 0.29) is 18.0 Å². The molecule has 6 nitrogen and oxygen atoms in total. The summed E-state index contributed by atoms with van der Waals surface area (Å²) < 4.78 is 20.0. The maximum absolute atomic E-state index is 13.0. The fourth-order valence-electron chi connectivity index (χ4n) is 2.06. The molecule has 0 bridgehead atoms. The van der Waals surface area contributed by atoms with Crippen LogP contribution in [0.15, 0.2) is 54.6 Å². The van der Waals surface area contributed by atoms with Crippen molar-refractivity contribution in [1.29, 1.82) is 0 Å². The summed E-state index contributed by atoms with van der Waals surface area (Å²) in [5, 5.41) is 16.7. The smallest absolute Gasteiger partial charge is 0.358 e. The Morgan fingerprint density at radius 3 is 2.48 bits per heavy atom. The maximum atomic E-state index is 13.0. The third-order valence-corrected chi connectivity index (χ3v) is 3.16. The summed E-state index contributed by atoms with van der Waals surface area (Å²) in [6.07, 6.45) is 0. The highest BCUT2D eigenvalue weighted by Crippen LogP contribution is 2.17. The minimum absolute atomic E-state index is 0.0317. The number of hydrogen-bond acceptors (Lipinski definition) is 4. The molecular formula is C16H12FN3O3. The normalized spacial score (nSPS) is 10.5. The first-order chi connectivity index (χ1) is 11.1. The summed E-state index contributed by atoms with van der Waals surface area (Å²) in [5.74, 6) is -1.00. The maximum Gasteiger partial charge on any atom is 0.358 e. The van der Waals surface area contributed by atoms with E-state index in [9.17, 15) is 14.3 Å². The van der Waals surface area contributed by atoms with Crippen LogP contribution in [-0.2, 0) is 6.61 Å². The summed E-state index contributed by atoms with van der Waals surface area (Å²) >= 11 is 0. The zero-order valence-electron chi connectivity index (χ0n) is 11.9. The van der Waals surface area contributed by atoms with Crippen molar-refractivity contribution in [2.45, 2.75) is 6.61 Å². The van der Waals surface area contributed by atoms with E-state index in [1.165, 1.54) is 28.9 Å². The lowest BCUT2D eigenvalue weighted by molar-refractivity contribution is 0.0687. The van der Waals surface area contributed by atoms with Gasteiger partial charge in [-0.1, -0.05) is 23.4 Å². The molecule has 1 aromatic heterocycles. The van der Waals surface area contributed by atoms with Gasteiger partial charge in [-0.25, -0.2) is 13.9 Å². The van der Waals surface area contributed by atoms with Gasteiger partial charge in [0.15, 0.2) is 5.69 Å². The van der Waals surface area contributed by atoms with Gasteiger partial charge in [0.05, 0.1) is 5.69 Å². The molecule has 0 atom stereocenters. The molecule has 23 heavy (non-hydrogen) atoms. The molecule has 0 saturated heterocycles. The Balaban J connectivity index is 1.94. The zero-order valence-corrected chi connectivity index (χ0v) is 11.9.